The minimum atomic E-state index is -0.241. The van der Waals surface area contributed by atoms with Crippen molar-refractivity contribution in [2.75, 3.05) is 0 Å². The van der Waals surface area contributed by atoms with E-state index in [9.17, 15) is 4.39 Å². The number of H-pyrrole nitrogens is 1. The third-order valence-corrected chi connectivity index (χ3v) is 6.01. The fourth-order valence-electron chi connectivity index (χ4n) is 4.13. The lowest BCUT2D eigenvalue weighted by molar-refractivity contribution is 0.327. The van der Waals surface area contributed by atoms with Crippen molar-refractivity contribution in [2.45, 2.75) is 59.3 Å². The lowest BCUT2D eigenvalue weighted by Gasteiger charge is -2.25. The quantitative estimate of drug-likeness (QED) is 0.360. The fourth-order valence-corrected chi connectivity index (χ4v) is 4.13. The molecule has 4 heteroatoms. The summed E-state index contributed by atoms with van der Waals surface area (Å²) in [5, 5.41) is 6.18. The minimum Gasteiger partial charge on any atom is -0.361 e. The second-order valence-electron chi connectivity index (χ2n) is 10.4. The number of hydrogen-bond donors (Lipinski definition) is 1. The summed E-state index contributed by atoms with van der Waals surface area (Å²) in [5.41, 5.74) is 5.48. The van der Waals surface area contributed by atoms with Gasteiger partial charge in [0.2, 0.25) is 0 Å². The standard InChI is InChI=1S/C27H32FN3/c1-26(2,3)25-16-22(31(30-25)21-10-8-9-20(28)15-21)17-27(4,5)14-13-19-18-29-24-12-7-6-11-23(19)24/h6-12,15-16,18,29H,13-14,17H2,1-5H3. The first-order chi connectivity index (χ1) is 14.6. The third kappa shape index (κ3) is 4.73. The highest BCUT2D eigenvalue weighted by Gasteiger charge is 2.26. The van der Waals surface area contributed by atoms with Crippen LogP contribution in [0.5, 0.6) is 0 Å². The number of fused-ring (bicyclic) bond motifs is 1. The Morgan fingerprint density at radius 2 is 1.74 bits per heavy atom. The zero-order chi connectivity index (χ0) is 22.2. The molecule has 4 aromatic rings. The highest BCUT2D eigenvalue weighted by atomic mass is 19.1. The molecule has 2 heterocycles. The van der Waals surface area contributed by atoms with Crippen LogP contribution in [0.1, 0.15) is 58.0 Å². The number of aromatic amines is 1. The van der Waals surface area contributed by atoms with Gasteiger partial charge in [-0.05, 0) is 60.6 Å². The van der Waals surface area contributed by atoms with Crippen LogP contribution in [-0.2, 0) is 18.3 Å². The zero-order valence-corrected chi connectivity index (χ0v) is 19.2. The predicted molar refractivity (Wildman–Crippen MR) is 126 cm³/mol. The van der Waals surface area contributed by atoms with E-state index in [1.54, 1.807) is 12.1 Å². The molecule has 2 aromatic heterocycles. The molecule has 0 radical (unpaired) electrons. The first kappa shape index (κ1) is 21.4. The Balaban J connectivity index is 1.60. The van der Waals surface area contributed by atoms with Crippen molar-refractivity contribution in [3.63, 3.8) is 0 Å². The first-order valence-corrected chi connectivity index (χ1v) is 11.0. The van der Waals surface area contributed by atoms with Gasteiger partial charge in [0.05, 0.1) is 11.4 Å². The van der Waals surface area contributed by atoms with Crippen LogP contribution in [0.4, 0.5) is 4.39 Å². The number of aromatic nitrogens is 3. The summed E-state index contributed by atoms with van der Waals surface area (Å²) in [7, 11) is 0. The summed E-state index contributed by atoms with van der Waals surface area (Å²) >= 11 is 0. The predicted octanol–water partition coefficient (Wildman–Crippen LogP) is 6.99. The molecule has 0 atom stereocenters. The van der Waals surface area contributed by atoms with Crippen LogP contribution in [0.15, 0.2) is 60.8 Å². The van der Waals surface area contributed by atoms with Crippen LogP contribution in [0.25, 0.3) is 16.6 Å². The van der Waals surface area contributed by atoms with Crippen molar-refractivity contribution in [3.05, 3.63) is 83.6 Å². The van der Waals surface area contributed by atoms with Crippen LogP contribution < -0.4 is 0 Å². The van der Waals surface area contributed by atoms with E-state index in [0.717, 1.165) is 36.3 Å². The van der Waals surface area contributed by atoms with E-state index in [4.69, 9.17) is 5.10 Å². The van der Waals surface area contributed by atoms with E-state index in [1.807, 2.05) is 10.7 Å². The molecule has 0 saturated carbocycles. The molecule has 3 nitrogen and oxygen atoms in total. The van der Waals surface area contributed by atoms with Gasteiger partial charge in [-0.3, -0.25) is 0 Å². The van der Waals surface area contributed by atoms with Gasteiger partial charge < -0.3 is 4.98 Å². The number of halogens is 1. The van der Waals surface area contributed by atoms with E-state index in [2.05, 4.69) is 76.1 Å². The maximum atomic E-state index is 13.9. The molecule has 0 unspecified atom stereocenters. The summed E-state index contributed by atoms with van der Waals surface area (Å²) in [4.78, 5) is 3.38. The number of nitrogens with one attached hydrogen (secondary N) is 1. The smallest absolute Gasteiger partial charge is 0.125 e. The second-order valence-corrected chi connectivity index (χ2v) is 10.4. The van der Waals surface area contributed by atoms with Gasteiger partial charge >= 0.3 is 0 Å². The molecule has 4 rings (SSSR count). The van der Waals surface area contributed by atoms with Gasteiger partial charge in [-0.25, -0.2) is 9.07 Å². The highest BCUT2D eigenvalue weighted by molar-refractivity contribution is 5.83. The van der Waals surface area contributed by atoms with Crippen LogP contribution in [0.2, 0.25) is 0 Å². The van der Waals surface area contributed by atoms with Gasteiger partial charge in [-0.2, -0.15) is 5.10 Å². The normalized spacial score (nSPS) is 12.6. The molecule has 0 aliphatic carbocycles. The Labute approximate surface area is 184 Å². The van der Waals surface area contributed by atoms with E-state index in [0.29, 0.717) is 0 Å². The number of para-hydroxylation sites is 1. The Kier molecular flexibility index (Phi) is 5.50. The monoisotopic (exact) mass is 417 g/mol. The summed E-state index contributed by atoms with van der Waals surface area (Å²) in [6.45, 7) is 11.1. The molecular formula is C27H32FN3. The van der Waals surface area contributed by atoms with E-state index in [-0.39, 0.29) is 16.6 Å². The number of aryl methyl sites for hydroxylation is 1. The minimum absolute atomic E-state index is 0.0679. The molecule has 2 aromatic carbocycles. The average molecular weight is 418 g/mol. The molecule has 31 heavy (non-hydrogen) atoms. The first-order valence-electron chi connectivity index (χ1n) is 11.0. The summed E-state index contributed by atoms with van der Waals surface area (Å²) in [6.07, 6.45) is 5.07. The molecular weight excluding hydrogens is 385 g/mol. The Morgan fingerprint density at radius 3 is 2.48 bits per heavy atom. The average Bonchev–Trinajstić information content (AvgIpc) is 3.30. The lowest BCUT2D eigenvalue weighted by atomic mass is 9.81. The maximum Gasteiger partial charge on any atom is 0.125 e. The van der Waals surface area contributed by atoms with Gasteiger partial charge in [0.1, 0.15) is 5.82 Å². The molecule has 0 spiro atoms. The number of hydrogen-bond acceptors (Lipinski definition) is 1. The van der Waals surface area contributed by atoms with Gasteiger partial charge in [0, 0.05) is 28.2 Å². The van der Waals surface area contributed by atoms with Gasteiger partial charge in [-0.1, -0.05) is 58.9 Å². The van der Waals surface area contributed by atoms with Crippen LogP contribution >= 0.6 is 0 Å². The van der Waals surface area contributed by atoms with Crippen LogP contribution in [0.3, 0.4) is 0 Å². The van der Waals surface area contributed by atoms with Crippen molar-refractivity contribution < 1.29 is 4.39 Å². The maximum absolute atomic E-state index is 13.9. The molecule has 0 fully saturated rings. The van der Waals surface area contributed by atoms with Gasteiger partial charge in [0.25, 0.3) is 0 Å². The van der Waals surface area contributed by atoms with E-state index < -0.39 is 0 Å². The third-order valence-electron chi connectivity index (χ3n) is 6.01. The number of rotatable bonds is 6. The molecule has 0 aliphatic rings. The molecule has 162 valence electrons. The van der Waals surface area contributed by atoms with Gasteiger partial charge in [0.15, 0.2) is 0 Å². The lowest BCUT2D eigenvalue weighted by Crippen LogP contribution is -2.18. The van der Waals surface area contributed by atoms with E-state index in [1.165, 1.54) is 22.5 Å². The zero-order valence-electron chi connectivity index (χ0n) is 19.2. The van der Waals surface area contributed by atoms with Crippen LogP contribution in [-0.4, -0.2) is 14.8 Å². The van der Waals surface area contributed by atoms with Crippen molar-refractivity contribution >= 4 is 10.9 Å². The van der Waals surface area contributed by atoms with Crippen molar-refractivity contribution in [2.24, 2.45) is 5.41 Å². The molecule has 0 saturated heterocycles. The molecule has 0 aliphatic heterocycles. The van der Waals surface area contributed by atoms with Crippen LogP contribution in [0, 0.1) is 11.2 Å². The van der Waals surface area contributed by atoms with Gasteiger partial charge in [-0.15, -0.1) is 0 Å². The van der Waals surface area contributed by atoms with Crippen molar-refractivity contribution in [3.8, 4) is 5.69 Å². The SMILES string of the molecule is CC(C)(CCc1c[nH]c2ccccc12)Cc1cc(C(C)(C)C)nn1-c1cccc(F)c1. The molecule has 1 N–H and O–H groups in total. The number of nitrogens with zero attached hydrogens (tertiary/aromatic N) is 2. The molecule has 0 amide bonds. The Bertz CT molecular complexity index is 1190. The summed E-state index contributed by atoms with van der Waals surface area (Å²) in [5.74, 6) is -0.241. The summed E-state index contributed by atoms with van der Waals surface area (Å²) < 4.78 is 15.9. The summed E-state index contributed by atoms with van der Waals surface area (Å²) in [6, 6.07) is 17.4. The van der Waals surface area contributed by atoms with Crippen molar-refractivity contribution in [1.82, 2.24) is 14.8 Å². The Hall–Kier alpha value is -2.88. The Morgan fingerprint density at radius 1 is 0.968 bits per heavy atom. The topological polar surface area (TPSA) is 33.6 Å². The largest absolute Gasteiger partial charge is 0.361 e. The second kappa shape index (κ2) is 7.99. The van der Waals surface area contributed by atoms with Crippen molar-refractivity contribution in [1.29, 1.82) is 0 Å². The van der Waals surface area contributed by atoms with E-state index >= 15 is 0 Å². The highest BCUT2D eigenvalue weighted by Crippen LogP contribution is 2.32. The number of benzene rings is 2. The molecule has 0 bridgehead atoms. The fraction of sp³-hybridized carbons (Fsp3) is 0.370.